The van der Waals surface area contributed by atoms with Crippen molar-refractivity contribution in [3.05, 3.63) is 22.3 Å². The third-order valence-electron chi connectivity index (χ3n) is 2.09. The Morgan fingerprint density at radius 1 is 1.35 bits per heavy atom. The number of ether oxygens (including phenoxy) is 1. The molecule has 4 nitrogen and oxygen atoms in total. The maximum atomic E-state index is 5.86. The molecule has 17 heavy (non-hydrogen) atoms. The van der Waals surface area contributed by atoms with Gasteiger partial charge in [0.15, 0.2) is 5.82 Å². The fourth-order valence-electron chi connectivity index (χ4n) is 1.29. The van der Waals surface area contributed by atoms with Crippen LogP contribution < -0.4 is 4.74 Å². The predicted molar refractivity (Wildman–Crippen MR) is 68.7 cm³/mol. The summed E-state index contributed by atoms with van der Waals surface area (Å²) < 4.78 is 5.37. The number of aromatic nitrogens is 3. The minimum Gasteiger partial charge on any atom is -0.463 e. The molecule has 0 bridgehead atoms. The first-order valence-electron chi connectivity index (χ1n) is 5.29. The standard InChI is InChI=1S/C11H12ClN3OS/c1-3-5-16-11-14-9(13-10(12)15-11)8-7(2)4-6-17-8/h4,6H,3,5H2,1-2H3. The zero-order valence-electron chi connectivity index (χ0n) is 9.61. The maximum Gasteiger partial charge on any atom is 0.321 e. The van der Waals surface area contributed by atoms with E-state index in [0.717, 1.165) is 16.9 Å². The third-order valence-corrected chi connectivity index (χ3v) is 3.27. The molecule has 0 spiro atoms. The summed E-state index contributed by atoms with van der Waals surface area (Å²) in [7, 11) is 0. The smallest absolute Gasteiger partial charge is 0.321 e. The van der Waals surface area contributed by atoms with Gasteiger partial charge in [-0.1, -0.05) is 6.92 Å². The Hall–Kier alpha value is -1.20. The number of hydrogen-bond acceptors (Lipinski definition) is 5. The van der Waals surface area contributed by atoms with E-state index >= 15 is 0 Å². The Morgan fingerprint density at radius 2 is 2.18 bits per heavy atom. The van der Waals surface area contributed by atoms with Crippen LogP contribution in [-0.2, 0) is 0 Å². The summed E-state index contributed by atoms with van der Waals surface area (Å²) in [5.41, 5.74) is 1.12. The lowest BCUT2D eigenvalue weighted by Gasteiger charge is -2.04. The van der Waals surface area contributed by atoms with E-state index in [1.165, 1.54) is 0 Å². The van der Waals surface area contributed by atoms with E-state index < -0.39 is 0 Å². The van der Waals surface area contributed by atoms with Crippen molar-refractivity contribution in [3.8, 4) is 16.7 Å². The van der Waals surface area contributed by atoms with Crippen LogP contribution >= 0.6 is 22.9 Å². The van der Waals surface area contributed by atoms with E-state index in [1.807, 2.05) is 25.3 Å². The summed E-state index contributed by atoms with van der Waals surface area (Å²) >= 11 is 7.44. The number of rotatable bonds is 4. The van der Waals surface area contributed by atoms with E-state index in [1.54, 1.807) is 11.3 Å². The Bertz CT molecular complexity index is 515. The molecule has 0 unspecified atom stereocenters. The number of hydrogen-bond donors (Lipinski definition) is 0. The molecule has 2 heterocycles. The van der Waals surface area contributed by atoms with Gasteiger partial charge in [-0.05, 0) is 42.0 Å². The van der Waals surface area contributed by atoms with Crippen molar-refractivity contribution in [2.45, 2.75) is 20.3 Å². The molecule has 90 valence electrons. The van der Waals surface area contributed by atoms with Crippen molar-refractivity contribution in [1.82, 2.24) is 15.0 Å². The van der Waals surface area contributed by atoms with Crippen molar-refractivity contribution in [3.63, 3.8) is 0 Å². The molecular weight excluding hydrogens is 258 g/mol. The molecule has 0 aromatic carbocycles. The van der Waals surface area contributed by atoms with Gasteiger partial charge >= 0.3 is 6.01 Å². The fourth-order valence-corrected chi connectivity index (χ4v) is 2.30. The van der Waals surface area contributed by atoms with Gasteiger partial charge in [0, 0.05) is 0 Å². The second-order valence-corrected chi connectivity index (χ2v) is 4.75. The summed E-state index contributed by atoms with van der Waals surface area (Å²) in [5.74, 6) is 0.573. The van der Waals surface area contributed by atoms with Crippen molar-refractivity contribution >= 4 is 22.9 Å². The van der Waals surface area contributed by atoms with Crippen molar-refractivity contribution in [2.75, 3.05) is 6.61 Å². The molecule has 2 aromatic rings. The maximum absolute atomic E-state index is 5.86. The first-order valence-corrected chi connectivity index (χ1v) is 6.55. The Kier molecular flexibility index (Phi) is 3.91. The first kappa shape index (κ1) is 12.3. The van der Waals surface area contributed by atoms with Crippen LogP contribution in [0.25, 0.3) is 10.7 Å². The van der Waals surface area contributed by atoms with Crippen LogP contribution in [0.5, 0.6) is 6.01 Å². The number of thiophene rings is 1. The topological polar surface area (TPSA) is 47.9 Å². The lowest BCUT2D eigenvalue weighted by atomic mass is 10.3. The predicted octanol–water partition coefficient (Wildman–Crippen LogP) is 3.35. The third kappa shape index (κ3) is 2.92. The summed E-state index contributed by atoms with van der Waals surface area (Å²) in [5, 5.41) is 2.16. The Morgan fingerprint density at radius 3 is 2.82 bits per heavy atom. The van der Waals surface area contributed by atoms with E-state index in [-0.39, 0.29) is 11.3 Å². The minimum atomic E-state index is 0.161. The average molecular weight is 270 g/mol. The van der Waals surface area contributed by atoms with Gasteiger partial charge in [0.2, 0.25) is 5.28 Å². The second kappa shape index (κ2) is 5.42. The molecule has 0 fully saturated rings. The average Bonchev–Trinajstić information content (AvgIpc) is 2.72. The summed E-state index contributed by atoms with van der Waals surface area (Å²) in [6.07, 6.45) is 0.899. The lowest BCUT2D eigenvalue weighted by Crippen LogP contribution is -2.02. The molecule has 0 saturated heterocycles. The largest absolute Gasteiger partial charge is 0.463 e. The molecule has 0 aliphatic carbocycles. The molecule has 0 aliphatic heterocycles. The lowest BCUT2D eigenvalue weighted by molar-refractivity contribution is 0.291. The van der Waals surface area contributed by atoms with Gasteiger partial charge in [-0.15, -0.1) is 11.3 Å². The molecule has 0 atom stereocenters. The quantitative estimate of drug-likeness (QED) is 0.854. The van der Waals surface area contributed by atoms with E-state index in [0.29, 0.717) is 12.4 Å². The Balaban J connectivity index is 2.35. The molecule has 6 heteroatoms. The number of nitrogens with zero attached hydrogens (tertiary/aromatic N) is 3. The van der Waals surface area contributed by atoms with Gasteiger partial charge in [0.05, 0.1) is 11.5 Å². The van der Waals surface area contributed by atoms with Gasteiger partial charge in [0.25, 0.3) is 0 Å². The van der Waals surface area contributed by atoms with E-state index in [9.17, 15) is 0 Å². The second-order valence-electron chi connectivity index (χ2n) is 3.49. The van der Waals surface area contributed by atoms with Crippen LogP contribution in [0.3, 0.4) is 0 Å². The van der Waals surface area contributed by atoms with Gasteiger partial charge in [-0.25, -0.2) is 0 Å². The summed E-state index contributed by atoms with van der Waals surface area (Å²) in [6.45, 7) is 4.60. The number of aryl methyl sites for hydroxylation is 1. The van der Waals surface area contributed by atoms with Crippen molar-refractivity contribution in [2.24, 2.45) is 0 Å². The molecule has 0 aliphatic rings. The van der Waals surface area contributed by atoms with Crippen LogP contribution in [0, 0.1) is 6.92 Å². The molecule has 0 N–H and O–H groups in total. The van der Waals surface area contributed by atoms with Crippen LogP contribution in [0.4, 0.5) is 0 Å². The van der Waals surface area contributed by atoms with E-state index in [4.69, 9.17) is 16.3 Å². The van der Waals surface area contributed by atoms with Crippen molar-refractivity contribution < 1.29 is 4.74 Å². The molecule has 0 saturated carbocycles. The molecule has 2 rings (SSSR count). The Labute approximate surface area is 109 Å². The summed E-state index contributed by atoms with van der Waals surface area (Å²) in [4.78, 5) is 13.3. The van der Waals surface area contributed by atoms with Crippen LogP contribution in [-0.4, -0.2) is 21.6 Å². The zero-order valence-corrected chi connectivity index (χ0v) is 11.2. The first-order chi connectivity index (χ1) is 8.20. The van der Waals surface area contributed by atoms with Gasteiger partial charge in [-0.2, -0.15) is 15.0 Å². The molecule has 0 amide bonds. The van der Waals surface area contributed by atoms with Crippen LogP contribution in [0.2, 0.25) is 5.28 Å². The minimum absolute atomic E-state index is 0.161. The number of halogens is 1. The highest BCUT2D eigenvalue weighted by Gasteiger charge is 2.11. The normalized spacial score (nSPS) is 10.5. The molecular formula is C11H12ClN3OS. The van der Waals surface area contributed by atoms with E-state index in [2.05, 4.69) is 15.0 Å². The van der Waals surface area contributed by atoms with Gasteiger partial charge in [-0.3, -0.25) is 0 Å². The van der Waals surface area contributed by atoms with Crippen molar-refractivity contribution in [1.29, 1.82) is 0 Å². The highest BCUT2D eigenvalue weighted by molar-refractivity contribution is 7.13. The van der Waals surface area contributed by atoms with Gasteiger partial charge in [0.1, 0.15) is 0 Å². The SMILES string of the molecule is CCCOc1nc(Cl)nc(-c2sccc2C)n1. The summed E-state index contributed by atoms with van der Waals surface area (Å²) in [6, 6.07) is 2.30. The highest BCUT2D eigenvalue weighted by Crippen LogP contribution is 2.27. The monoisotopic (exact) mass is 269 g/mol. The fraction of sp³-hybridized carbons (Fsp3) is 0.364. The highest BCUT2D eigenvalue weighted by atomic mass is 35.5. The molecule has 2 aromatic heterocycles. The van der Waals surface area contributed by atoms with Gasteiger partial charge < -0.3 is 4.74 Å². The molecule has 0 radical (unpaired) electrons. The zero-order chi connectivity index (χ0) is 12.3. The van der Waals surface area contributed by atoms with Crippen LogP contribution in [0.1, 0.15) is 18.9 Å². The van der Waals surface area contributed by atoms with Crippen LogP contribution in [0.15, 0.2) is 11.4 Å².